The summed E-state index contributed by atoms with van der Waals surface area (Å²) in [5.41, 5.74) is 3.96. The van der Waals surface area contributed by atoms with Crippen LogP contribution in [0.15, 0.2) is 23.2 Å². The topological polar surface area (TPSA) is 76.4 Å². The maximum absolute atomic E-state index is 5.14. The largest absolute Gasteiger partial charge is 0.377 e. The maximum atomic E-state index is 5.14. The quantitative estimate of drug-likeness (QED) is 0.339. The minimum atomic E-state index is 0. The van der Waals surface area contributed by atoms with E-state index in [0.29, 0.717) is 12.6 Å². The molecule has 0 amide bonds. The lowest BCUT2D eigenvalue weighted by Gasteiger charge is -2.25. The van der Waals surface area contributed by atoms with Crippen LogP contribution in [0.2, 0.25) is 0 Å². The van der Waals surface area contributed by atoms with Crippen LogP contribution < -0.4 is 10.6 Å². The van der Waals surface area contributed by atoms with Gasteiger partial charge in [0.2, 0.25) is 0 Å². The molecule has 0 bridgehead atoms. The lowest BCUT2D eigenvalue weighted by atomic mass is 10.1. The van der Waals surface area contributed by atoms with Gasteiger partial charge in [0, 0.05) is 32.7 Å². The van der Waals surface area contributed by atoms with E-state index in [9.17, 15) is 0 Å². The highest BCUT2D eigenvalue weighted by Crippen LogP contribution is 2.14. The van der Waals surface area contributed by atoms with E-state index < -0.39 is 0 Å². The number of nitrogens with one attached hydrogen (secondary N) is 2. The summed E-state index contributed by atoms with van der Waals surface area (Å²) in [5, 5.41) is 11.5. The third-order valence-electron chi connectivity index (χ3n) is 4.81. The molecule has 2 N–H and O–H groups in total. The summed E-state index contributed by atoms with van der Waals surface area (Å²) in [6.07, 6.45) is 2.88. The molecule has 1 aromatic carbocycles. The maximum Gasteiger partial charge on any atom is 0.191 e. The minimum Gasteiger partial charge on any atom is -0.377 e. The Labute approximate surface area is 190 Å². The lowest BCUT2D eigenvalue weighted by Crippen LogP contribution is -2.47. The number of hydrogen-bond acceptors (Lipinski definition) is 4. The Morgan fingerprint density at radius 2 is 2.03 bits per heavy atom. The first-order valence-corrected chi connectivity index (χ1v) is 10.1. The number of hydrogen-bond donors (Lipinski definition) is 2. The Kier molecular flexibility index (Phi) is 9.35. The van der Waals surface area contributed by atoms with Crippen LogP contribution in [0.3, 0.4) is 0 Å². The fraction of sp³-hybridized carbons (Fsp3) is 0.571. The van der Waals surface area contributed by atoms with E-state index in [-0.39, 0.29) is 24.0 Å². The highest BCUT2D eigenvalue weighted by Gasteiger charge is 2.22. The smallest absolute Gasteiger partial charge is 0.191 e. The molecule has 160 valence electrons. The second-order valence-electron chi connectivity index (χ2n) is 7.45. The molecule has 1 unspecified atom stereocenters. The van der Waals surface area contributed by atoms with Gasteiger partial charge in [-0.1, -0.05) is 29.3 Å². The van der Waals surface area contributed by atoms with Crippen molar-refractivity contribution in [2.24, 2.45) is 4.99 Å². The van der Waals surface area contributed by atoms with E-state index >= 15 is 0 Å². The number of halogens is 1. The fourth-order valence-corrected chi connectivity index (χ4v) is 3.69. The summed E-state index contributed by atoms with van der Waals surface area (Å²) < 4.78 is 7.14. The molecule has 0 fully saturated rings. The van der Waals surface area contributed by atoms with Crippen LogP contribution in [0.4, 0.5) is 0 Å². The molecule has 3 rings (SSSR count). The van der Waals surface area contributed by atoms with Crippen molar-refractivity contribution in [1.29, 1.82) is 0 Å². The van der Waals surface area contributed by atoms with E-state index in [1.165, 1.54) is 16.7 Å². The number of ether oxygens (including phenoxy) is 1. The SMILES string of the molecule is CCNC(=NCCc1cc(C)cc(C)c1)NC1CCc2nc(COC)nn2C1.I. The molecule has 1 aromatic heterocycles. The molecule has 1 aliphatic rings. The van der Waals surface area contributed by atoms with Gasteiger partial charge in [0.05, 0.1) is 6.54 Å². The van der Waals surface area contributed by atoms with Crippen molar-refractivity contribution >= 4 is 29.9 Å². The Bertz CT molecular complexity index is 799. The number of aromatic nitrogens is 3. The van der Waals surface area contributed by atoms with E-state index in [0.717, 1.165) is 56.5 Å². The second kappa shape index (κ2) is 11.5. The summed E-state index contributed by atoms with van der Waals surface area (Å²) in [5.74, 6) is 2.67. The molecule has 0 aliphatic carbocycles. The first-order valence-electron chi connectivity index (χ1n) is 10.1. The van der Waals surface area contributed by atoms with Crippen LogP contribution in [0.1, 0.15) is 41.7 Å². The van der Waals surface area contributed by atoms with E-state index in [2.05, 4.69) is 59.7 Å². The van der Waals surface area contributed by atoms with Crippen molar-refractivity contribution < 1.29 is 4.74 Å². The van der Waals surface area contributed by atoms with Crippen molar-refractivity contribution in [3.05, 3.63) is 46.5 Å². The van der Waals surface area contributed by atoms with Gasteiger partial charge in [-0.25, -0.2) is 9.67 Å². The molecular formula is C21H33IN6O. The monoisotopic (exact) mass is 512 g/mol. The number of fused-ring (bicyclic) bond motifs is 1. The predicted octanol–water partition coefficient (Wildman–Crippen LogP) is 2.77. The van der Waals surface area contributed by atoms with E-state index in [4.69, 9.17) is 9.73 Å². The first kappa shape index (κ1) is 23.6. The average molecular weight is 512 g/mol. The summed E-state index contributed by atoms with van der Waals surface area (Å²) in [6, 6.07) is 6.99. The summed E-state index contributed by atoms with van der Waals surface area (Å²) in [7, 11) is 1.67. The van der Waals surface area contributed by atoms with E-state index in [1.807, 2.05) is 4.68 Å². The number of rotatable bonds is 7. The van der Waals surface area contributed by atoms with Gasteiger partial charge in [0.15, 0.2) is 11.8 Å². The van der Waals surface area contributed by atoms with Crippen molar-refractivity contribution in [3.63, 3.8) is 0 Å². The molecule has 8 heteroatoms. The molecule has 1 aliphatic heterocycles. The Morgan fingerprint density at radius 1 is 1.28 bits per heavy atom. The lowest BCUT2D eigenvalue weighted by molar-refractivity contribution is 0.177. The van der Waals surface area contributed by atoms with Gasteiger partial charge in [0.25, 0.3) is 0 Å². The standard InChI is InChI=1S/C21H32N6O.HI/c1-5-22-21(23-9-8-17-11-15(2)10-16(3)12-17)24-18-6-7-20-25-19(14-28-4)26-27(20)13-18;/h10-12,18H,5-9,13-14H2,1-4H3,(H2,22,23,24);1H. The molecule has 0 saturated carbocycles. The van der Waals surface area contributed by atoms with Crippen LogP contribution in [0.25, 0.3) is 0 Å². The number of aryl methyl sites for hydroxylation is 3. The Balaban J connectivity index is 0.00000300. The minimum absolute atomic E-state index is 0. The summed E-state index contributed by atoms with van der Waals surface area (Å²) >= 11 is 0. The van der Waals surface area contributed by atoms with Crippen LogP contribution >= 0.6 is 24.0 Å². The summed E-state index contributed by atoms with van der Waals surface area (Å²) in [4.78, 5) is 9.32. The first-order chi connectivity index (χ1) is 13.6. The fourth-order valence-electron chi connectivity index (χ4n) is 3.69. The van der Waals surface area contributed by atoms with Crippen molar-refractivity contribution in [1.82, 2.24) is 25.4 Å². The third-order valence-corrected chi connectivity index (χ3v) is 4.81. The van der Waals surface area contributed by atoms with Crippen molar-refractivity contribution in [2.45, 2.75) is 59.2 Å². The molecule has 0 radical (unpaired) electrons. The molecule has 1 atom stereocenters. The Hall–Kier alpha value is -1.68. The van der Waals surface area contributed by atoms with Gasteiger partial charge in [0.1, 0.15) is 12.4 Å². The summed E-state index contributed by atoms with van der Waals surface area (Å²) in [6.45, 7) is 9.24. The highest BCUT2D eigenvalue weighted by atomic mass is 127. The van der Waals surface area contributed by atoms with Crippen molar-refractivity contribution in [2.75, 3.05) is 20.2 Å². The number of aliphatic imine (C=N–C) groups is 1. The molecule has 0 saturated heterocycles. The molecule has 0 spiro atoms. The Morgan fingerprint density at radius 3 is 2.72 bits per heavy atom. The van der Waals surface area contributed by atoms with Crippen molar-refractivity contribution in [3.8, 4) is 0 Å². The van der Waals surface area contributed by atoms with Gasteiger partial charge >= 0.3 is 0 Å². The normalized spacial score (nSPS) is 16.1. The number of nitrogens with zero attached hydrogens (tertiary/aromatic N) is 4. The number of guanidine groups is 1. The van der Waals surface area contributed by atoms with Gasteiger partial charge in [-0.3, -0.25) is 4.99 Å². The predicted molar refractivity (Wildman–Crippen MR) is 127 cm³/mol. The molecule has 29 heavy (non-hydrogen) atoms. The number of methoxy groups -OCH3 is 1. The van der Waals surface area contributed by atoms with E-state index in [1.54, 1.807) is 7.11 Å². The molecular weight excluding hydrogens is 479 g/mol. The number of benzene rings is 1. The molecule has 2 heterocycles. The molecule has 2 aromatic rings. The zero-order valence-electron chi connectivity index (χ0n) is 17.9. The van der Waals surface area contributed by atoms with Gasteiger partial charge in [-0.05, 0) is 39.2 Å². The molecule has 7 nitrogen and oxygen atoms in total. The van der Waals surface area contributed by atoms with Crippen LogP contribution in [0.5, 0.6) is 0 Å². The average Bonchev–Trinajstić information content (AvgIpc) is 3.03. The zero-order chi connectivity index (χ0) is 19.9. The zero-order valence-corrected chi connectivity index (χ0v) is 20.2. The highest BCUT2D eigenvalue weighted by molar-refractivity contribution is 14.0. The van der Waals surface area contributed by atoms with Crippen LogP contribution in [-0.4, -0.2) is 47.0 Å². The second-order valence-corrected chi connectivity index (χ2v) is 7.45. The van der Waals surface area contributed by atoms with Gasteiger partial charge in [-0.2, -0.15) is 5.10 Å². The third kappa shape index (κ3) is 6.95. The van der Waals surface area contributed by atoms with Crippen LogP contribution in [-0.2, 0) is 30.7 Å². The van der Waals surface area contributed by atoms with Crippen LogP contribution in [0, 0.1) is 13.8 Å². The van der Waals surface area contributed by atoms with Gasteiger partial charge < -0.3 is 15.4 Å². The van der Waals surface area contributed by atoms with Gasteiger partial charge in [-0.15, -0.1) is 24.0 Å².